The molecule has 0 aliphatic heterocycles. The van der Waals surface area contributed by atoms with Crippen LogP contribution in [-0.4, -0.2) is 16.5 Å². The quantitative estimate of drug-likeness (QED) is 0.800. The number of aromatic nitrogens is 2. The van der Waals surface area contributed by atoms with Crippen molar-refractivity contribution in [3.8, 4) is 0 Å². The van der Waals surface area contributed by atoms with Crippen LogP contribution in [0.2, 0.25) is 0 Å². The molecule has 0 radical (unpaired) electrons. The van der Waals surface area contributed by atoms with Crippen molar-refractivity contribution in [2.24, 2.45) is 11.8 Å². The summed E-state index contributed by atoms with van der Waals surface area (Å²) in [7, 11) is 0. The molecule has 1 aromatic rings. The molecule has 1 N–H and O–H groups in total. The lowest BCUT2D eigenvalue weighted by Gasteiger charge is -2.24. The van der Waals surface area contributed by atoms with Gasteiger partial charge in [0, 0.05) is 24.0 Å². The molecule has 0 spiro atoms. The third-order valence-electron chi connectivity index (χ3n) is 3.26. The Bertz CT molecular complexity index is 295. The monoisotopic (exact) mass is 205 g/mol. The van der Waals surface area contributed by atoms with Crippen LogP contribution in [-0.2, 0) is 0 Å². The Labute approximate surface area is 91.3 Å². The van der Waals surface area contributed by atoms with E-state index in [2.05, 4.69) is 29.1 Å². The van der Waals surface area contributed by atoms with Crippen LogP contribution in [0.5, 0.6) is 0 Å². The maximum Gasteiger partial charge on any atom is 0.115 e. The second kappa shape index (κ2) is 4.71. The molecule has 1 fully saturated rings. The largest absolute Gasteiger partial charge is 0.310 e. The van der Waals surface area contributed by atoms with Crippen molar-refractivity contribution < 1.29 is 0 Å². The van der Waals surface area contributed by atoms with Gasteiger partial charge in [-0.1, -0.05) is 13.8 Å². The molecule has 1 aliphatic rings. The zero-order valence-electron chi connectivity index (χ0n) is 9.48. The second-order valence-electron chi connectivity index (χ2n) is 4.40. The SMILES string of the molecule is CCNC(c1cncnc1)C(C)C1CC1. The lowest BCUT2D eigenvalue weighted by atomic mass is 9.92. The van der Waals surface area contributed by atoms with E-state index in [1.807, 2.05) is 12.4 Å². The van der Waals surface area contributed by atoms with E-state index in [-0.39, 0.29) is 0 Å². The number of nitrogens with zero attached hydrogens (tertiary/aromatic N) is 2. The third-order valence-corrected chi connectivity index (χ3v) is 3.26. The van der Waals surface area contributed by atoms with Gasteiger partial charge in [-0.3, -0.25) is 0 Å². The van der Waals surface area contributed by atoms with Gasteiger partial charge in [0.1, 0.15) is 6.33 Å². The first-order valence-corrected chi connectivity index (χ1v) is 5.81. The highest BCUT2D eigenvalue weighted by Gasteiger charge is 2.33. The molecule has 1 aromatic heterocycles. The molecule has 0 amide bonds. The predicted molar refractivity (Wildman–Crippen MR) is 60.3 cm³/mol. The van der Waals surface area contributed by atoms with Crippen LogP contribution in [0.15, 0.2) is 18.7 Å². The van der Waals surface area contributed by atoms with Crippen molar-refractivity contribution in [1.82, 2.24) is 15.3 Å². The van der Waals surface area contributed by atoms with Crippen molar-refractivity contribution in [3.05, 3.63) is 24.3 Å². The van der Waals surface area contributed by atoms with Gasteiger partial charge >= 0.3 is 0 Å². The van der Waals surface area contributed by atoms with E-state index < -0.39 is 0 Å². The van der Waals surface area contributed by atoms with E-state index in [4.69, 9.17) is 0 Å². The van der Waals surface area contributed by atoms with Crippen LogP contribution >= 0.6 is 0 Å². The number of hydrogen-bond acceptors (Lipinski definition) is 3. The van der Waals surface area contributed by atoms with E-state index in [0.717, 1.165) is 12.5 Å². The minimum atomic E-state index is 0.420. The standard InChI is InChI=1S/C12H19N3/c1-3-15-12(9(2)10-4-5-10)11-6-13-8-14-7-11/h6-10,12,15H,3-5H2,1-2H3. The Kier molecular flexibility index (Phi) is 3.31. The van der Waals surface area contributed by atoms with Gasteiger partial charge in [-0.05, 0) is 31.2 Å². The van der Waals surface area contributed by atoms with E-state index in [9.17, 15) is 0 Å². The fraction of sp³-hybridized carbons (Fsp3) is 0.667. The van der Waals surface area contributed by atoms with Gasteiger partial charge in [0.2, 0.25) is 0 Å². The third kappa shape index (κ3) is 2.53. The van der Waals surface area contributed by atoms with Gasteiger partial charge in [-0.25, -0.2) is 9.97 Å². The molecule has 82 valence electrons. The minimum Gasteiger partial charge on any atom is -0.310 e. The predicted octanol–water partition coefficient (Wildman–Crippen LogP) is 2.17. The molecule has 15 heavy (non-hydrogen) atoms. The molecular weight excluding hydrogens is 186 g/mol. The van der Waals surface area contributed by atoms with Crippen LogP contribution < -0.4 is 5.32 Å². The molecule has 0 bridgehead atoms. The number of rotatable bonds is 5. The smallest absolute Gasteiger partial charge is 0.115 e. The average molecular weight is 205 g/mol. The molecule has 3 nitrogen and oxygen atoms in total. The van der Waals surface area contributed by atoms with Crippen molar-refractivity contribution in [1.29, 1.82) is 0 Å². The Morgan fingerprint density at radius 3 is 2.60 bits per heavy atom. The zero-order valence-corrected chi connectivity index (χ0v) is 9.48. The summed E-state index contributed by atoms with van der Waals surface area (Å²) in [4.78, 5) is 8.20. The van der Waals surface area contributed by atoms with E-state index >= 15 is 0 Å². The summed E-state index contributed by atoms with van der Waals surface area (Å²) in [5.74, 6) is 1.59. The fourth-order valence-corrected chi connectivity index (χ4v) is 2.19. The summed E-state index contributed by atoms with van der Waals surface area (Å²) < 4.78 is 0. The molecular formula is C12H19N3. The highest BCUT2D eigenvalue weighted by molar-refractivity contribution is 5.11. The summed E-state index contributed by atoms with van der Waals surface area (Å²) >= 11 is 0. The van der Waals surface area contributed by atoms with Crippen LogP contribution in [0.3, 0.4) is 0 Å². The number of nitrogens with one attached hydrogen (secondary N) is 1. The van der Waals surface area contributed by atoms with Gasteiger partial charge in [-0.2, -0.15) is 0 Å². The molecule has 3 heteroatoms. The highest BCUT2D eigenvalue weighted by atomic mass is 14.9. The molecule has 0 aromatic carbocycles. The number of hydrogen-bond donors (Lipinski definition) is 1. The van der Waals surface area contributed by atoms with Gasteiger partial charge in [0.25, 0.3) is 0 Å². The van der Waals surface area contributed by atoms with Gasteiger partial charge < -0.3 is 5.32 Å². The topological polar surface area (TPSA) is 37.8 Å². The first-order valence-electron chi connectivity index (χ1n) is 5.81. The molecule has 1 aliphatic carbocycles. The van der Waals surface area contributed by atoms with E-state index in [1.54, 1.807) is 6.33 Å². The van der Waals surface area contributed by atoms with Crippen LogP contribution in [0.4, 0.5) is 0 Å². The maximum absolute atomic E-state index is 4.10. The lowest BCUT2D eigenvalue weighted by molar-refractivity contribution is 0.354. The highest BCUT2D eigenvalue weighted by Crippen LogP contribution is 2.42. The van der Waals surface area contributed by atoms with E-state index in [0.29, 0.717) is 12.0 Å². The van der Waals surface area contributed by atoms with Crippen molar-refractivity contribution in [3.63, 3.8) is 0 Å². The Morgan fingerprint density at radius 2 is 2.07 bits per heavy atom. The van der Waals surface area contributed by atoms with Crippen LogP contribution in [0.25, 0.3) is 0 Å². The lowest BCUT2D eigenvalue weighted by Crippen LogP contribution is -2.28. The molecule has 0 saturated heterocycles. The van der Waals surface area contributed by atoms with Crippen LogP contribution in [0, 0.1) is 11.8 Å². The molecule has 2 atom stereocenters. The first kappa shape index (κ1) is 10.6. The second-order valence-corrected chi connectivity index (χ2v) is 4.40. The molecule has 2 rings (SSSR count). The molecule has 1 saturated carbocycles. The zero-order chi connectivity index (χ0) is 10.7. The van der Waals surface area contributed by atoms with Crippen molar-refractivity contribution in [2.75, 3.05) is 6.54 Å². The Morgan fingerprint density at radius 1 is 1.40 bits per heavy atom. The van der Waals surface area contributed by atoms with Gasteiger partial charge in [-0.15, -0.1) is 0 Å². The normalized spacial score (nSPS) is 19.9. The summed E-state index contributed by atoms with van der Waals surface area (Å²) in [5, 5.41) is 3.54. The molecule has 2 unspecified atom stereocenters. The van der Waals surface area contributed by atoms with Gasteiger partial charge in [0.15, 0.2) is 0 Å². The minimum absolute atomic E-state index is 0.420. The summed E-state index contributed by atoms with van der Waals surface area (Å²) in [6, 6.07) is 0.420. The van der Waals surface area contributed by atoms with Crippen molar-refractivity contribution in [2.45, 2.75) is 32.7 Å². The summed E-state index contributed by atoms with van der Waals surface area (Å²) in [6.07, 6.45) is 8.22. The van der Waals surface area contributed by atoms with E-state index in [1.165, 1.54) is 18.4 Å². The molecule has 1 heterocycles. The Balaban J connectivity index is 2.11. The average Bonchev–Trinajstić information content (AvgIpc) is 3.10. The van der Waals surface area contributed by atoms with Gasteiger partial charge in [0.05, 0.1) is 0 Å². The first-order chi connectivity index (χ1) is 7.33. The van der Waals surface area contributed by atoms with Crippen molar-refractivity contribution >= 4 is 0 Å². The summed E-state index contributed by atoms with van der Waals surface area (Å²) in [5.41, 5.74) is 1.22. The maximum atomic E-state index is 4.10. The summed E-state index contributed by atoms with van der Waals surface area (Å²) in [6.45, 7) is 5.48. The van der Waals surface area contributed by atoms with Crippen LogP contribution in [0.1, 0.15) is 38.3 Å². The fourth-order valence-electron chi connectivity index (χ4n) is 2.19. The Hall–Kier alpha value is -0.960.